The third-order valence-corrected chi connectivity index (χ3v) is 13.3. The Labute approximate surface area is 327 Å². The van der Waals surface area contributed by atoms with Crippen molar-refractivity contribution in [1.29, 1.82) is 0 Å². The van der Waals surface area contributed by atoms with Gasteiger partial charge in [0.1, 0.15) is 11.2 Å². The lowest BCUT2D eigenvalue weighted by Gasteiger charge is -2.34. The molecule has 8 aromatic rings. The van der Waals surface area contributed by atoms with E-state index in [1.165, 1.54) is 98.8 Å². The van der Waals surface area contributed by atoms with E-state index in [0.29, 0.717) is 5.92 Å². The molecule has 0 bridgehead atoms. The first-order valence-electron chi connectivity index (χ1n) is 20.2. The molecule has 56 heavy (non-hydrogen) atoms. The molecule has 0 saturated heterocycles. The van der Waals surface area contributed by atoms with E-state index in [0.717, 1.165) is 24.0 Å². The minimum atomic E-state index is -0.161. The molecule has 0 spiro atoms. The topological polar surface area (TPSA) is 13.1 Å². The van der Waals surface area contributed by atoms with E-state index in [-0.39, 0.29) is 11.3 Å². The van der Waals surface area contributed by atoms with Crippen LogP contribution in [0.15, 0.2) is 186 Å². The molecule has 0 aliphatic heterocycles. The van der Waals surface area contributed by atoms with Gasteiger partial charge in [-0.25, -0.2) is 0 Å². The highest BCUT2D eigenvalue weighted by Crippen LogP contribution is 2.55. The molecule has 0 amide bonds. The summed E-state index contributed by atoms with van der Waals surface area (Å²) >= 11 is 0. The molecule has 7 aromatic carbocycles. The van der Waals surface area contributed by atoms with Crippen molar-refractivity contribution in [3.05, 3.63) is 198 Å². The predicted octanol–water partition coefficient (Wildman–Crippen LogP) is 15.0. The molecule has 12 rings (SSSR count). The number of fused-ring (bicyclic) bond motifs is 12. The SMILES string of the molecule is CC1(C)c2ccc(-c3c4ccccc4c(C4=CC=C(C5=CC=CCC5)C5C=CC=CC45)c4ccccc34)cc2-c2ccc3c(ccc4oc5ccccc5c43)c21. The summed E-state index contributed by atoms with van der Waals surface area (Å²) in [5.74, 6) is 0.605. The summed E-state index contributed by atoms with van der Waals surface area (Å²) in [6, 6.07) is 43.1. The standard InChI is InChI=1S/C55H40O/c1-55(2)48-30-24-34(32-47(48)45-28-27-43-44(54(45)55)29-31-50-53(43)46-22-12-13-23-49(46)56-50)51-38-18-8-10-20-40(38)52(41-21-11-9-19-39(41)51)42-26-25-35(33-14-4-3-5-15-33)36-16-6-7-17-37(36)42/h3-4,6-14,16-32,36-37H,5,15H2,1-2H3. The monoisotopic (exact) mass is 716 g/mol. The van der Waals surface area contributed by atoms with Crippen LogP contribution in [0.3, 0.4) is 0 Å². The molecule has 0 N–H and O–H groups in total. The second-order valence-corrected chi connectivity index (χ2v) is 16.6. The van der Waals surface area contributed by atoms with Crippen molar-refractivity contribution in [2.75, 3.05) is 0 Å². The fraction of sp³-hybridized carbons (Fsp3) is 0.127. The second-order valence-electron chi connectivity index (χ2n) is 16.6. The smallest absolute Gasteiger partial charge is 0.136 e. The number of hydrogen-bond acceptors (Lipinski definition) is 1. The Morgan fingerprint density at radius 3 is 1.93 bits per heavy atom. The van der Waals surface area contributed by atoms with Gasteiger partial charge in [-0.15, -0.1) is 0 Å². The minimum absolute atomic E-state index is 0.161. The zero-order valence-corrected chi connectivity index (χ0v) is 31.6. The van der Waals surface area contributed by atoms with Crippen LogP contribution in [-0.2, 0) is 5.41 Å². The molecule has 2 unspecified atom stereocenters. The Kier molecular flexibility index (Phi) is 6.70. The summed E-state index contributed by atoms with van der Waals surface area (Å²) in [4.78, 5) is 0. The van der Waals surface area contributed by atoms with E-state index >= 15 is 0 Å². The summed E-state index contributed by atoms with van der Waals surface area (Å²) in [5.41, 5.74) is 15.4. The first kappa shape index (κ1) is 31.9. The maximum absolute atomic E-state index is 6.31. The van der Waals surface area contributed by atoms with Gasteiger partial charge in [0.2, 0.25) is 0 Å². The molecule has 0 saturated carbocycles. The summed E-state index contributed by atoms with van der Waals surface area (Å²) in [7, 11) is 0. The Hall–Kier alpha value is -6.44. The van der Waals surface area contributed by atoms with Gasteiger partial charge in [0, 0.05) is 28.0 Å². The summed E-state index contributed by atoms with van der Waals surface area (Å²) < 4.78 is 6.31. The third kappa shape index (κ3) is 4.37. The summed E-state index contributed by atoms with van der Waals surface area (Å²) in [6.07, 6.45) is 23.3. The van der Waals surface area contributed by atoms with Gasteiger partial charge >= 0.3 is 0 Å². The van der Waals surface area contributed by atoms with Gasteiger partial charge in [-0.05, 0) is 119 Å². The van der Waals surface area contributed by atoms with Gasteiger partial charge in [-0.3, -0.25) is 0 Å². The highest BCUT2D eigenvalue weighted by atomic mass is 16.3. The molecule has 0 fully saturated rings. The molecular formula is C55H40O. The van der Waals surface area contributed by atoms with Crippen LogP contribution < -0.4 is 0 Å². The van der Waals surface area contributed by atoms with Crippen molar-refractivity contribution in [2.45, 2.75) is 32.1 Å². The molecule has 1 aromatic heterocycles. The minimum Gasteiger partial charge on any atom is -0.456 e. The van der Waals surface area contributed by atoms with E-state index in [1.54, 1.807) is 0 Å². The molecule has 1 nitrogen and oxygen atoms in total. The predicted molar refractivity (Wildman–Crippen MR) is 237 cm³/mol. The quantitative estimate of drug-likeness (QED) is 0.166. The van der Waals surface area contributed by atoms with Gasteiger partial charge in [0.05, 0.1) is 0 Å². The molecule has 4 aliphatic rings. The third-order valence-electron chi connectivity index (χ3n) is 13.3. The Morgan fingerprint density at radius 2 is 1.20 bits per heavy atom. The van der Waals surface area contributed by atoms with Crippen LogP contribution in [-0.4, -0.2) is 0 Å². The van der Waals surface area contributed by atoms with Gasteiger partial charge in [0.25, 0.3) is 0 Å². The van der Waals surface area contributed by atoms with Crippen molar-refractivity contribution >= 4 is 59.8 Å². The van der Waals surface area contributed by atoms with Crippen molar-refractivity contribution in [3.63, 3.8) is 0 Å². The van der Waals surface area contributed by atoms with Crippen molar-refractivity contribution in [1.82, 2.24) is 0 Å². The zero-order valence-electron chi connectivity index (χ0n) is 31.6. The normalized spacial score (nSPS) is 19.4. The van der Waals surface area contributed by atoms with E-state index in [9.17, 15) is 0 Å². The number of para-hydroxylation sites is 1. The molecule has 4 aliphatic carbocycles. The van der Waals surface area contributed by atoms with Gasteiger partial charge in [-0.1, -0.05) is 166 Å². The van der Waals surface area contributed by atoms with Crippen molar-refractivity contribution < 1.29 is 4.42 Å². The molecule has 266 valence electrons. The first-order valence-corrected chi connectivity index (χ1v) is 20.2. The van der Waals surface area contributed by atoms with Crippen LogP contribution in [0, 0.1) is 11.8 Å². The Balaban J connectivity index is 1.07. The van der Waals surface area contributed by atoms with Crippen molar-refractivity contribution in [3.8, 4) is 22.3 Å². The van der Waals surface area contributed by atoms with Gasteiger partial charge in [-0.2, -0.15) is 0 Å². The number of rotatable bonds is 3. The molecular weight excluding hydrogens is 677 g/mol. The number of allylic oxidation sites excluding steroid dienone is 12. The zero-order chi connectivity index (χ0) is 37.1. The van der Waals surface area contributed by atoms with Crippen LogP contribution in [0.25, 0.3) is 82.1 Å². The Bertz CT molecular complexity index is 3160. The molecule has 2 atom stereocenters. The maximum atomic E-state index is 6.31. The fourth-order valence-corrected chi connectivity index (χ4v) is 10.9. The highest BCUT2D eigenvalue weighted by molar-refractivity contribution is 6.21. The summed E-state index contributed by atoms with van der Waals surface area (Å²) in [5, 5.41) is 10.2. The average Bonchev–Trinajstić information content (AvgIpc) is 3.74. The fourth-order valence-electron chi connectivity index (χ4n) is 10.9. The molecule has 0 radical (unpaired) electrons. The summed E-state index contributed by atoms with van der Waals surface area (Å²) in [6.45, 7) is 4.80. The highest BCUT2D eigenvalue weighted by Gasteiger charge is 2.38. The maximum Gasteiger partial charge on any atom is 0.136 e. The second kappa shape index (κ2) is 11.8. The number of furan rings is 1. The van der Waals surface area contributed by atoms with Crippen LogP contribution >= 0.6 is 0 Å². The van der Waals surface area contributed by atoms with E-state index in [1.807, 2.05) is 0 Å². The van der Waals surface area contributed by atoms with Crippen LogP contribution in [0.2, 0.25) is 0 Å². The van der Waals surface area contributed by atoms with Crippen LogP contribution in [0.5, 0.6) is 0 Å². The Morgan fingerprint density at radius 1 is 0.536 bits per heavy atom. The number of hydrogen-bond donors (Lipinski definition) is 0. The first-order chi connectivity index (χ1) is 27.6. The van der Waals surface area contributed by atoms with Gasteiger partial charge < -0.3 is 4.42 Å². The van der Waals surface area contributed by atoms with E-state index in [2.05, 4.69) is 184 Å². The lowest BCUT2D eigenvalue weighted by Crippen LogP contribution is -2.21. The van der Waals surface area contributed by atoms with E-state index in [4.69, 9.17) is 4.42 Å². The lowest BCUT2D eigenvalue weighted by atomic mass is 9.69. The lowest BCUT2D eigenvalue weighted by molar-refractivity contribution is 0.639. The van der Waals surface area contributed by atoms with Crippen LogP contribution in [0.1, 0.15) is 43.4 Å². The number of benzene rings is 7. The molecule has 1 heteroatoms. The van der Waals surface area contributed by atoms with E-state index < -0.39 is 0 Å². The average molecular weight is 717 g/mol. The van der Waals surface area contributed by atoms with Crippen LogP contribution in [0.4, 0.5) is 0 Å². The largest absolute Gasteiger partial charge is 0.456 e. The molecule has 1 heterocycles. The van der Waals surface area contributed by atoms with Crippen molar-refractivity contribution in [2.24, 2.45) is 11.8 Å². The van der Waals surface area contributed by atoms with Gasteiger partial charge in [0.15, 0.2) is 0 Å².